The molecule has 0 amide bonds. The van der Waals surface area contributed by atoms with Crippen molar-refractivity contribution < 1.29 is 42.7 Å². The number of aliphatic carboxylic acids is 1. The first kappa shape index (κ1) is 53.7. The average molecular weight is 804 g/mol. The van der Waals surface area contributed by atoms with Crippen LogP contribution < -0.4 is 5.73 Å². The van der Waals surface area contributed by atoms with Gasteiger partial charge in [0.2, 0.25) is 0 Å². The van der Waals surface area contributed by atoms with Crippen LogP contribution in [0.3, 0.4) is 0 Å². The minimum atomic E-state index is -4.61. The van der Waals surface area contributed by atoms with Crippen LogP contribution in [-0.2, 0) is 32.7 Å². The van der Waals surface area contributed by atoms with Crippen molar-refractivity contribution in [2.24, 2.45) is 5.73 Å². The number of rotatable bonds is 44. The van der Waals surface area contributed by atoms with Gasteiger partial charge in [-0.1, -0.05) is 187 Å². The molecule has 0 aromatic heterocycles. The van der Waals surface area contributed by atoms with E-state index >= 15 is 0 Å². The van der Waals surface area contributed by atoms with E-state index in [1.165, 1.54) is 154 Å². The highest BCUT2D eigenvalue weighted by molar-refractivity contribution is 7.47. The maximum atomic E-state index is 12.6. The minimum absolute atomic E-state index is 0.0181. The van der Waals surface area contributed by atoms with Gasteiger partial charge in [0.25, 0.3) is 0 Å². The number of phosphoric acid groups is 1. The number of hydrogen-bond donors (Lipinski definition) is 3. The zero-order valence-corrected chi connectivity index (χ0v) is 36.4. The van der Waals surface area contributed by atoms with Crippen LogP contribution in [0, 0.1) is 0 Å². The van der Waals surface area contributed by atoms with E-state index in [9.17, 15) is 19.0 Å². The smallest absolute Gasteiger partial charge is 0.472 e. The van der Waals surface area contributed by atoms with E-state index in [1.54, 1.807) is 0 Å². The molecule has 0 aromatic rings. The molecule has 0 saturated carbocycles. The van der Waals surface area contributed by atoms with Crippen LogP contribution in [0.1, 0.15) is 219 Å². The average Bonchev–Trinajstić information content (AvgIpc) is 3.16. The van der Waals surface area contributed by atoms with Gasteiger partial charge in [-0.15, -0.1) is 0 Å². The van der Waals surface area contributed by atoms with Crippen LogP contribution >= 0.6 is 7.82 Å². The zero-order chi connectivity index (χ0) is 40.5. The van der Waals surface area contributed by atoms with E-state index in [0.29, 0.717) is 6.61 Å². The van der Waals surface area contributed by atoms with Gasteiger partial charge in [0.05, 0.1) is 19.8 Å². The first-order valence-electron chi connectivity index (χ1n) is 22.7. The highest BCUT2D eigenvalue weighted by Crippen LogP contribution is 2.43. The molecular formula is C44H86NO9P. The summed E-state index contributed by atoms with van der Waals surface area (Å²) in [6.07, 6.45) is 42.6. The molecule has 0 saturated heterocycles. The van der Waals surface area contributed by atoms with Gasteiger partial charge in [0.15, 0.2) is 0 Å². The lowest BCUT2D eigenvalue weighted by atomic mass is 10.0. The summed E-state index contributed by atoms with van der Waals surface area (Å²) in [5.74, 6) is -1.77. The van der Waals surface area contributed by atoms with Gasteiger partial charge in [-0.25, -0.2) is 4.57 Å². The summed E-state index contributed by atoms with van der Waals surface area (Å²) in [7, 11) is -4.61. The van der Waals surface area contributed by atoms with Crippen molar-refractivity contribution in [2.75, 3.05) is 26.4 Å². The summed E-state index contributed by atoms with van der Waals surface area (Å²) >= 11 is 0. The maximum Gasteiger partial charge on any atom is 0.472 e. The van der Waals surface area contributed by atoms with Crippen molar-refractivity contribution in [3.8, 4) is 0 Å². The number of nitrogens with two attached hydrogens (primary N) is 1. The highest BCUT2D eigenvalue weighted by Gasteiger charge is 2.27. The molecule has 10 nitrogen and oxygen atoms in total. The number of carbonyl (C=O) groups is 2. The van der Waals surface area contributed by atoms with Gasteiger partial charge >= 0.3 is 19.8 Å². The SMILES string of the molecule is CCCCC/C=C\CCCCCCCCOCC(COP(=O)(O)OCC(N)C(=O)O)OC(=O)CCCCCCCCCCCCCCCCCCCCCC. The van der Waals surface area contributed by atoms with Gasteiger partial charge in [-0.2, -0.15) is 0 Å². The zero-order valence-electron chi connectivity index (χ0n) is 35.5. The van der Waals surface area contributed by atoms with E-state index < -0.39 is 45.1 Å². The summed E-state index contributed by atoms with van der Waals surface area (Å²) in [5.41, 5.74) is 5.36. The van der Waals surface area contributed by atoms with Gasteiger partial charge in [-0.3, -0.25) is 18.6 Å². The van der Waals surface area contributed by atoms with Gasteiger partial charge in [0.1, 0.15) is 12.1 Å². The Bertz CT molecular complexity index is 935. The molecule has 0 heterocycles. The molecular weight excluding hydrogens is 717 g/mol. The minimum Gasteiger partial charge on any atom is -0.480 e. The standard InChI is InChI=1S/C44H86NO9P/c1-3-5-7-9-11-13-15-17-18-19-20-21-22-23-24-26-28-30-32-34-36-43(46)54-41(39-52-55(49,50)53-40-42(45)44(47)48)38-51-37-35-33-31-29-27-25-16-14-12-10-8-6-4-2/h12,14,41-42H,3-11,13,15-40,45H2,1-2H3,(H,47,48)(H,49,50)/b14-12-. The third-order valence-electron chi connectivity index (χ3n) is 10.0. The number of allylic oxidation sites excluding steroid dienone is 2. The van der Waals surface area contributed by atoms with Crippen molar-refractivity contribution >= 4 is 19.8 Å². The number of carboxylic acids is 1. The van der Waals surface area contributed by atoms with Crippen LogP contribution in [0.5, 0.6) is 0 Å². The Kier molecular flexibility index (Phi) is 39.9. The number of hydrogen-bond acceptors (Lipinski definition) is 8. The predicted molar refractivity (Wildman–Crippen MR) is 226 cm³/mol. The van der Waals surface area contributed by atoms with Crippen molar-refractivity contribution in [3.05, 3.63) is 12.2 Å². The number of unbranched alkanes of at least 4 members (excludes halogenated alkanes) is 28. The Labute approximate surface area is 337 Å². The Balaban J connectivity index is 4.14. The van der Waals surface area contributed by atoms with E-state index in [0.717, 1.165) is 44.9 Å². The van der Waals surface area contributed by atoms with Gasteiger partial charge in [0, 0.05) is 13.0 Å². The number of ether oxygens (including phenoxy) is 2. The van der Waals surface area contributed by atoms with E-state index in [4.69, 9.17) is 29.4 Å². The summed E-state index contributed by atoms with van der Waals surface area (Å²) < 4.78 is 33.4. The molecule has 0 aliphatic heterocycles. The van der Waals surface area contributed by atoms with Crippen molar-refractivity contribution in [3.63, 3.8) is 0 Å². The highest BCUT2D eigenvalue weighted by atomic mass is 31.2. The fourth-order valence-corrected chi connectivity index (χ4v) is 7.26. The van der Waals surface area contributed by atoms with Crippen LogP contribution in [-0.4, -0.2) is 60.5 Å². The molecule has 3 unspecified atom stereocenters. The molecule has 55 heavy (non-hydrogen) atoms. The molecule has 0 radical (unpaired) electrons. The summed E-state index contributed by atoms with van der Waals surface area (Å²) in [6, 6.07) is -1.47. The third kappa shape index (κ3) is 40.7. The van der Waals surface area contributed by atoms with Crippen LogP contribution in [0.2, 0.25) is 0 Å². The van der Waals surface area contributed by atoms with Crippen LogP contribution in [0.25, 0.3) is 0 Å². The molecule has 0 spiro atoms. The number of phosphoric ester groups is 1. The molecule has 0 aliphatic carbocycles. The topological polar surface area (TPSA) is 155 Å². The fourth-order valence-electron chi connectivity index (χ4n) is 6.48. The lowest BCUT2D eigenvalue weighted by molar-refractivity contribution is -0.154. The normalized spacial score (nSPS) is 14.0. The Morgan fingerprint density at radius 2 is 0.945 bits per heavy atom. The number of esters is 1. The largest absolute Gasteiger partial charge is 0.480 e. The van der Waals surface area contributed by atoms with Crippen molar-refractivity contribution in [2.45, 2.75) is 231 Å². The Morgan fingerprint density at radius 3 is 1.42 bits per heavy atom. The summed E-state index contributed by atoms with van der Waals surface area (Å²) in [6.45, 7) is 3.88. The second kappa shape index (κ2) is 40.9. The van der Waals surface area contributed by atoms with E-state index in [2.05, 4.69) is 26.0 Å². The monoisotopic (exact) mass is 804 g/mol. The molecule has 11 heteroatoms. The van der Waals surface area contributed by atoms with Crippen LogP contribution in [0.15, 0.2) is 12.2 Å². The Morgan fingerprint density at radius 1 is 0.564 bits per heavy atom. The van der Waals surface area contributed by atoms with E-state index in [1.807, 2.05) is 0 Å². The number of carboxylic acid groups (broad SMARTS) is 1. The first-order chi connectivity index (χ1) is 26.7. The second-order valence-corrected chi connectivity index (χ2v) is 17.0. The fraction of sp³-hybridized carbons (Fsp3) is 0.909. The van der Waals surface area contributed by atoms with E-state index in [-0.39, 0.29) is 13.0 Å². The summed E-state index contributed by atoms with van der Waals surface area (Å²) in [5, 5.41) is 8.89. The number of carbonyl (C=O) groups excluding carboxylic acids is 1. The molecule has 0 bridgehead atoms. The predicted octanol–water partition coefficient (Wildman–Crippen LogP) is 12.5. The molecule has 0 aromatic carbocycles. The molecule has 4 N–H and O–H groups in total. The van der Waals surface area contributed by atoms with Gasteiger partial charge < -0.3 is 25.2 Å². The lowest BCUT2D eigenvalue weighted by Gasteiger charge is -2.20. The molecule has 326 valence electrons. The molecule has 3 atom stereocenters. The second-order valence-electron chi connectivity index (χ2n) is 15.5. The Hall–Kier alpha value is -1.29. The van der Waals surface area contributed by atoms with Crippen molar-refractivity contribution in [1.82, 2.24) is 0 Å². The lowest BCUT2D eigenvalue weighted by Crippen LogP contribution is -2.34. The summed E-state index contributed by atoms with van der Waals surface area (Å²) in [4.78, 5) is 33.5. The van der Waals surface area contributed by atoms with Crippen LogP contribution in [0.4, 0.5) is 0 Å². The van der Waals surface area contributed by atoms with Crippen molar-refractivity contribution in [1.29, 1.82) is 0 Å². The quantitative estimate of drug-likeness (QED) is 0.0235. The van der Waals surface area contributed by atoms with Gasteiger partial charge in [-0.05, 0) is 38.5 Å². The molecule has 0 rings (SSSR count). The first-order valence-corrected chi connectivity index (χ1v) is 24.2. The molecule has 0 aliphatic rings. The third-order valence-corrected chi connectivity index (χ3v) is 11.0. The maximum absolute atomic E-state index is 12.6. The molecule has 0 fully saturated rings.